The molecule has 0 bridgehead atoms. The van der Waals surface area contributed by atoms with E-state index >= 15 is 0 Å². The molecular formula is C15H12Cl2N2O3. The quantitative estimate of drug-likeness (QED) is 0.591. The fourth-order valence-corrected chi connectivity index (χ4v) is 2.13. The van der Waals surface area contributed by atoms with E-state index in [1.165, 1.54) is 30.3 Å². The molecular weight excluding hydrogens is 327 g/mol. The van der Waals surface area contributed by atoms with Crippen molar-refractivity contribution >= 4 is 34.8 Å². The van der Waals surface area contributed by atoms with Crippen LogP contribution in [0.5, 0.6) is 11.5 Å². The zero-order valence-corrected chi connectivity index (χ0v) is 13.0. The second-order valence-electron chi connectivity index (χ2n) is 4.46. The Morgan fingerprint density at radius 3 is 2.50 bits per heavy atom. The fraction of sp³-hybridized carbons (Fsp3) is 0.0667. The van der Waals surface area contributed by atoms with E-state index in [4.69, 9.17) is 23.2 Å². The second kappa shape index (κ2) is 6.68. The number of hydrogen-bond acceptors (Lipinski definition) is 4. The molecule has 0 radical (unpaired) electrons. The van der Waals surface area contributed by atoms with Crippen molar-refractivity contribution in [1.82, 2.24) is 5.43 Å². The minimum atomic E-state index is -0.523. The third-order valence-electron chi connectivity index (χ3n) is 2.87. The summed E-state index contributed by atoms with van der Waals surface area (Å²) >= 11 is 11.8. The largest absolute Gasteiger partial charge is 0.508 e. The minimum absolute atomic E-state index is 0.0659. The van der Waals surface area contributed by atoms with Crippen molar-refractivity contribution in [2.24, 2.45) is 5.10 Å². The predicted octanol–water partition coefficient (Wildman–Crippen LogP) is 3.56. The number of phenolic OH excluding ortho intramolecular Hbond substituents is 2. The lowest BCUT2D eigenvalue weighted by molar-refractivity contribution is 0.0955. The molecule has 2 aromatic carbocycles. The summed E-state index contributed by atoms with van der Waals surface area (Å²) in [7, 11) is 0. The van der Waals surface area contributed by atoms with Gasteiger partial charge in [0.05, 0.1) is 16.3 Å². The molecule has 114 valence electrons. The van der Waals surface area contributed by atoms with Gasteiger partial charge in [-0.1, -0.05) is 23.2 Å². The smallest absolute Gasteiger partial charge is 0.272 e. The molecule has 7 heteroatoms. The van der Waals surface area contributed by atoms with Crippen LogP contribution in [0.15, 0.2) is 41.5 Å². The highest BCUT2D eigenvalue weighted by Gasteiger charge is 2.11. The SMILES string of the molecule is C/C(=N\NC(=O)c1cc(Cl)ccc1Cl)c1ccc(O)cc1O. The second-order valence-corrected chi connectivity index (χ2v) is 5.31. The van der Waals surface area contributed by atoms with Crippen LogP contribution < -0.4 is 5.43 Å². The molecule has 0 heterocycles. The summed E-state index contributed by atoms with van der Waals surface area (Å²) in [4.78, 5) is 12.0. The van der Waals surface area contributed by atoms with Crippen LogP contribution in [0.2, 0.25) is 10.0 Å². The zero-order valence-electron chi connectivity index (χ0n) is 11.5. The first-order chi connectivity index (χ1) is 10.4. The first-order valence-electron chi connectivity index (χ1n) is 6.20. The number of carbonyl (C=O) groups is 1. The van der Waals surface area contributed by atoms with Gasteiger partial charge in [-0.3, -0.25) is 4.79 Å². The molecule has 0 aliphatic rings. The van der Waals surface area contributed by atoms with Gasteiger partial charge in [0.1, 0.15) is 11.5 Å². The van der Waals surface area contributed by atoms with Crippen molar-refractivity contribution in [3.8, 4) is 11.5 Å². The molecule has 0 aromatic heterocycles. The number of amides is 1. The summed E-state index contributed by atoms with van der Waals surface area (Å²) in [5, 5.41) is 23.5. The third kappa shape index (κ3) is 3.69. The van der Waals surface area contributed by atoms with Crippen molar-refractivity contribution in [2.45, 2.75) is 6.92 Å². The molecule has 0 saturated carbocycles. The van der Waals surface area contributed by atoms with E-state index in [9.17, 15) is 15.0 Å². The molecule has 0 spiro atoms. The van der Waals surface area contributed by atoms with Gasteiger partial charge in [-0.2, -0.15) is 5.10 Å². The van der Waals surface area contributed by atoms with E-state index in [-0.39, 0.29) is 22.1 Å². The molecule has 0 atom stereocenters. The first kappa shape index (κ1) is 16.1. The number of nitrogens with one attached hydrogen (secondary N) is 1. The minimum Gasteiger partial charge on any atom is -0.508 e. The Balaban J connectivity index is 2.20. The van der Waals surface area contributed by atoms with Gasteiger partial charge in [0.2, 0.25) is 0 Å². The maximum absolute atomic E-state index is 12.0. The molecule has 0 fully saturated rings. The fourth-order valence-electron chi connectivity index (χ4n) is 1.75. The molecule has 0 unspecified atom stereocenters. The zero-order chi connectivity index (χ0) is 16.3. The van der Waals surface area contributed by atoms with Crippen molar-refractivity contribution in [2.75, 3.05) is 0 Å². The van der Waals surface area contributed by atoms with E-state index in [2.05, 4.69) is 10.5 Å². The van der Waals surface area contributed by atoms with Crippen LogP contribution in [0.1, 0.15) is 22.8 Å². The maximum Gasteiger partial charge on any atom is 0.272 e. The molecule has 0 aliphatic heterocycles. The van der Waals surface area contributed by atoms with Crippen LogP contribution >= 0.6 is 23.2 Å². The lowest BCUT2D eigenvalue weighted by atomic mass is 10.1. The highest BCUT2D eigenvalue weighted by molar-refractivity contribution is 6.35. The predicted molar refractivity (Wildman–Crippen MR) is 85.9 cm³/mol. The summed E-state index contributed by atoms with van der Waals surface area (Å²) in [6, 6.07) is 8.60. The van der Waals surface area contributed by atoms with Crippen molar-refractivity contribution in [3.63, 3.8) is 0 Å². The number of rotatable bonds is 3. The molecule has 0 saturated heterocycles. The van der Waals surface area contributed by atoms with Gasteiger partial charge in [-0.25, -0.2) is 5.43 Å². The Hall–Kier alpha value is -2.24. The number of carbonyl (C=O) groups excluding carboxylic acids is 1. The van der Waals surface area contributed by atoms with Crippen molar-refractivity contribution in [3.05, 3.63) is 57.6 Å². The Kier molecular flexibility index (Phi) is 4.90. The Bertz CT molecular complexity index is 760. The topological polar surface area (TPSA) is 81.9 Å². The van der Waals surface area contributed by atoms with Crippen LogP contribution in [0.25, 0.3) is 0 Å². The lowest BCUT2D eigenvalue weighted by Gasteiger charge is -2.06. The standard InChI is InChI=1S/C15H12Cl2N2O3/c1-8(11-4-3-10(20)7-14(11)21)18-19-15(22)12-6-9(16)2-5-13(12)17/h2-7,20-21H,1H3,(H,19,22)/b18-8+. The maximum atomic E-state index is 12.0. The molecule has 3 N–H and O–H groups in total. The number of aromatic hydroxyl groups is 2. The van der Waals surface area contributed by atoms with Gasteiger partial charge in [-0.05, 0) is 37.3 Å². The molecule has 2 aromatic rings. The summed E-state index contributed by atoms with van der Waals surface area (Å²) in [5.74, 6) is -0.731. The van der Waals surface area contributed by atoms with Crippen molar-refractivity contribution < 1.29 is 15.0 Å². The third-order valence-corrected chi connectivity index (χ3v) is 3.43. The normalized spacial score (nSPS) is 11.3. The Labute approximate surface area is 136 Å². The first-order valence-corrected chi connectivity index (χ1v) is 6.96. The van der Waals surface area contributed by atoms with Gasteiger partial charge in [0.25, 0.3) is 5.91 Å². The molecule has 0 aliphatic carbocycles. The number of hydrazone groups is 1. The van der Waals surface area contributed by atoms with Gasteiger partial charge in [0, 0.05) is 16.7 Å². The Morgan fingerprint density at radius 1 is 1.09 bits per heavy atom. The number of phenols is 2. The van der Waals surface area contributed by atoms with Gasteiger partial charge >= 0.3 is 0 Å². The van der Waals surface area contributed by atoms with Gasteiger partial charge in [0.15, 0.2) is 0 Å². The van der Waals surface area contributed by atoms with E-state index in [0.29, 0.717) is 16.3 Å². The lowest BCUT2D eigenvalue weighted by Crippen LogP contribution is -2.19. The van der Waals surface area contributed by atoms with Crippen LogP contribution in [-0.2, 0) is 0 Å². The number of nitrogens with zero attached hydrogens (tertiary/aromatic N) is 1. The summed E-state index contributed by atoms with van der Waals surface area (Å²) in [6.07, 6.45) is 0. The number of halogens is 2. The van der Waals surface area contributed by atoms with Crippen LogP contribution in [0.4, 0.5) is 0 Å². The highest BCUT2D eigenvalue weighted by atomic mass is 35.5. The van der Waals surface area contributed by atoms with E-state index < -0.39 is 5.91 Å². The van der Waals surface area contributed by atoms with Crippen molar-refractivity contribution in [1.29, 1.82) is 0 Å². The average Bonchev–Trinajstić information content (AvgIpc) is 2.47. The number of benzene rings is 2. The average molecular weight is 339 g/mol. The summed E-state index contributed by atoms with van der Waals surface area (Å²) < 4.78 is 0. The molecule has 22 heavy (non-hydrogen) atoms. The van der Waals surface area contributed by atoms with E-state index in [1.807, 2.05) is 0 Å². The molecule has 1 amide bonds. The monoisotopic (exact) mass is 338 g/mol. The Morgan fingerprint density at radius 2 is 1.82 bits per heavy atom. The highest BCUT2D eigenvalue weighted by Crippen LogP contribution is 2.23. The molecule has 2 rings (SSSR count). The van der Waals surface area contributed by atoms with E-state index in [0.717, 1.165) is 0 Å². The van der Waals surface area contributed by atoms with E-state index in [1.54, 1.807) is 13.0 Å². The van der Waals surface area contributed by atoms with Gasteiger partial charge in [-0.15, -0.1) is 0 Å². The summed E-state index contributed by atoms with van der Waals surface area (Å²) in [5.41, 5.74) is 3.28. The molecule has 5 nitrogen and oxygen atoms in total. The van der Waals surface area contributed by atoms with Gasteiger partial charge < -0.3 is 10.2 Å². The summed E-state index contributed by atoms with van der Waals surface area (Å²) in [6.45, 7) is 1.60. The van der Waals surface area contributed by atoms with Crippen LogP contribution in [0.3, 0.4) is 0 Å². The number of hydrogen-bond donors (Lipinski definition) is 3. The van der Waals surface area contributed by atoms with Crippen LogP contribution in [-0.4, -0.2) is 21.8 Å². The van der Waals surface area contributed by atoms with Crippen LogP contribution in [0, 0.1) is 0 Å².